The maximum absolute atomic E-state index is 9.52. The van der Waals surface area contributed by atoms with Crippen LogP contribution in [0.15, 0.2) is 18.2 Å². The van der Waals surface area contributed by atoms with Gasteiger partial charge in [-0.1, -0.05) is 6.42 Å². The number of benzene rings is 1. The lowest BCUT2D eigenvalue weighted by Crippen LogP contribution is -2.43. The van der Waals surface area contributed by atoms with Crippen molar-refractivity contribution in [2.75, 3.05) is 31.9 Å². The van der Waals surface area contributed by atoms with Gasteiger partial charge < -0.3 is 19.5 Å². The van der Waals surface area contributed by atoms with Gasteiger partial charge in [-0.15, -0.1) is 0 Å². The summed E-state index contributed by atoms with van der Waals surface area (Å²) in [7, 11) is 2.06. The Kier molecular flexibility index (Phi) is 2.82. The van der Waals surface area contributed by atoms with Crippen molar-refractivity contribution in [3.05, 3.63) is 18.2 Å². The standard InChI is InChI=1S/C14H19NO3/c1-15(8-14(9-16)5-2-6-14)11-3-4-12-13(7-11)18-10-17-12/h3-4,7,16H,2,5-6,8-10H2,1H3. The van der Waals surface area contributed by atoms with Crippen molar-refractivity contribution in [1.82, 2.24) is 0 Å². The lowest BCUT2D eigenvalue weighted by molar-refractivity contribution is 0.0524. The van der Waals surface area contributed by atoms with Crippen LogP contribution in [0.3, 0.4) is 0 Å². The molecule has 0 spiro atoms. The van der Waals surface area contributed by atoms with Gasteiger partial charge in [-0.25, -0.2) is 0 Å². The van der Waals surface area contributed by atoms with Crippen LogP contribution in [0.2, 0.25) is 0 Å². The van der Waals surface area contributed by atoms with Crippen molar-refractivity contribution in [2.24, 2.45) is 5.41 Å². The third-order valence-corrected chi connectivity index (χ3v) is 4.12. The van der Waals surface area contributed by atoms with Crippen LogP contribution in [0.1, 0.15) is 19.3 Å². The summed E-state index contributed by atoms with van der Waals surface area (Å²) < 4.78 is 10.7. The second-order valence-corrected chi connectivity index (χ2v) is 5.41. The summed E-state index contributed by atoms with van der Waals surface area (Å²) in [6, 6.07) is 5.99. The fraction of sp³-hybridized carbons (Fsp3) is 0.571. The first kappa shape index (κ1) is 11.7. The van der Waals surface area contributed by atoms with Crippen LogP contribution in [-0.4, -0.2) is 32.1 Å². The second-order valence-electron chi connectivity index (χ2n) is 5.41. The lowest BCUT2D eigenvalue weighted by atomic mass is 9.69. The zero-order valence-corrected chi connectivity index (χ0v) is 10.7. The van der Waals surface area contributed by atoms with E-state index >= 15 is 0 Å². The molecule has 1 aromatic carbocycles. The Balaban J connectivity index is 1.74. The maximum atomic E-state index is 9.52. The van der Waals surface area contributed by atoms with Gasteiger partial charge in [0.15, 0.2) is 11.5 Å². The van der Waals surface area contributed by atoms with Gasteiger partial charge in [0.05, 0.1) is 6.61 Å². The molecule has 0 radical (unpaired) electrons. The van der Waals surface area contributed by atoms with Crippen molar-refractivity contribution in [2.45, 2.75) is 19.3 Å². The van der Waals surface area contributed by atoms with E-state index in [9.17, 15) is 5.11 Å². The van der Waals surface area contributed by atoms with Gasteiger partial charge >= 0.3 is 0 Å². The predicted octanol–water partition coefficient (Wildman–Crippen LogP) is 2.01. The molecule has 1 aliphatic heterocycles. The highest BCUT2D eigenvalue weighted by atomic mass is 16.7. The summed E-state index contributed by atoms with van der Waals surface area (Å²) in [5, 5.41) is 9.52. The molecule has 1 saturated carbocycles. The van der Waals surface area contributed by atoms with Crippen molar-refractivity contribution in [1.29, 1.82) is 0 Å². The van der Waals surface area contributed by atoms with Crippen LogP contribution < -0.4 is 14.4 Å². The van der Waals surface area contributed by atoms with Crippen molar-refractivity contribution < 1.29 is 14.6 Å². The summed E-state index contributed by atoms with van der Waals surface area (Å²) in [5.74, 6) is 1.62. The number of aliphatic hydroxyl groups excluding tert-OH is 1. The molecule has 1 fully saturated rings. The zero-order valence-electron chi connectivity index (χ0n) is 10.7. The minimum absolute atomic E-state index is 0.102. The average Bonchev–Trinajstić information content (AvgIpc) is 2.80. The van der Waals surface area contributed by atoms with Crippen LogP contribution in [0, 0.1) is 5.41 Å². The Bertz CT molecular complexity index is 437. The van der Waals surface area contributed by atoms with Crippen LogP contribution in [0.25, 0.3) is 0 Å². The van der Waals surface area contributed by atoms with E-state index in [0.717, 1.165) is 36.6 Å². The van der Waals surface area contributed by atoms with E-state index in [4.69, 9.17) is 9.47 Å². The maximum Gasteiger partial charge on any atom is 0.231 e. The third-order valence-electron chi connectivity index (χ3n) is 4.12. The van der Waals surface area contributed by atoms with Crippen LogP contribution in [0.5, 0.6) is 11.5 Å². The van der Waals surface area contributed by atoms with E-state index in [2.05, 4.69) is 11.9 Å². The molecule has 98 valence electrons. The van der Waals surface area contributed by atoms with Crippen molar-refractivity contribution in [3.63, 3.8) is 0 Å². The molecule has 1 aromatic rings. The highest BCUT2D eigenvalue weighted by molar-refractivity contribution is 5.57. The van der Waals surface area contributed by atoms with Crippen molar-refractivity contribution >= 4 is 5.69 Å². The van der Waals surface area contributed by atoms with E-state index < -0.39 is 0 Å². The lowest BCUT2D eigenvalue weighted by Gasteiger charge is -2.43. The molecule has 0 amide bonds. The number of nitrogens with zero attached hydrogens (tertiary/aromatic N) is 1. The van der Waals surface area contributed by atoms with Crippen molar-refractivity contribution in [3.8, 4) is 11.5 Å². The molecule has 1 heterocycles. The number of hydrogen-bond donors (Lipinski definition) is 1. The summed E-state index contributed by atoms with van der Waals surface area (Å²) in [6.45, 7) is 1.48. The van der Waals surface area contributed by atoms with Gasteiger partial charge in [-0.3, -0.25) is 0 Å². The summed E-state index contributed by atoms with van der Waals surface area (Å²) in [4.78, 5) is 2.19. The Labute approximate surface area is 107 Å². The Morgan fingerprint density at radius 3 is 2.72 bits per heavy atom. The van der Waals surface area contributed by atoms with Gasteiger partial charge in [0.1, 0.15) is 0 Å². The molecule has 3 rings (SSSR count). The molecule has 4 nitrogen and oxygen atoms in total. The highest BCUT2D eigenvalue weighted by Gasteiger charge is 2.37. The topological polar surface area (TPSA) is 41.9 Å². The van der Waals surface area contributed by atoms with Crippen LogP contribution in [-0.2, 0) is 0 Å². The van der Waals surface area contributed by atoms with E-state index in [0.29, 0.717) is 6.79 Å². The minimum atomic E-state index is 0.102. The number of hydrogen-bond acceptors (Lipinski definition) is 4. The van der Waals surface area contributed by atoms with Gasteiger partial charge in [0, 0.05) is 30.8 Å². The molecule has 0 bridgehead atoms. The van der Waals surface area contributed by atoms with E-state index in [1.807, 2.05) is 18.2 Å². The monoisotopic (exact) mass is 249 g/mol. The molecule has 1 aliphatic carbocycles. The number of fused-ring (bicyclic) bond motifs is 1. The first-order valence-electron chi connectivity index (χ1n) is 6.44. The Hall–Kier alpha value is -1.42. The van der Waals surface area contributed by atoms with Crippen LogP contribution in [0.4, 0.5) is 5.69 Å². The average molecular weight is 249 g/mol. The number of anilines is 1. The molecule has 4 heteroatoms. The Morgan fingerprint density at radius 2 is 2.06 bits per heavy atom. The first-order valence-corrected chi connectivity index (χ1v) is 6.44. The van der Waals surface area contributed by atoms with Gasteiger partial charge in [0.25, 0.3) is 0 Å². The summed E-state index contributed by atoms with van der Waals surface area (Å²) in [6.07, 6.45) is 3.48. The largest absolute Gasteiger partial charge is 0.454 e. The smallest absolute Gasteiger partial charge is 0.231 e. The highest BCUT2D eigenvalue weighted by Crippen LogP contribution is 2.42. The van der Waals surface area contributed by atoms with E-state index in [-0.39, 0.29) is 12.0 Å². The first-order chi connectivity index (χ1) is 8.72. The van der Waals surface area contributed by atoms with Gasteiger partial charge in [-0.05, 0) is 25.0 Å². The fourth-order valence-corrected chi connectivity index (χ4v) is 2.76. The second kappa shape index (κ2) is 4.35. The molecule has 2 aliphatic rings. The minimum Gasteiger partial charge on any atom is -0.454 e. The number of ether oxygens (including phenoxy) is 2. The SMILES string of the molecule is CN(CC1(CO)CCC1)c1ccc2c(c1)OCO2. The summed E-state index contributed by atoms with van der Waals surface area (Å²) in [5.41, 5.74) is 1.21. The van der Waals surface area contributed by atoms with Crippen LogP contribution >= 0.6 is 0 Å². The molecule has 18 heavy (non-hydrogen) atoms. The molecule has 0 unspecified atom stereocenters. The molecular weight excluding hydrogens is 230 g/mol. The fourth-order valence-electron chi connectivity index (χ4n) is 2.76. The molecule has 0 saturated heterocycles. The molecule has 0 aromatic heterocycles. The number of rotatable bonds is 4. The quantitative estimate of drug-likeness (QED) is 0.886. The molecular formula is C14H19NO3. The van der Waals surface area contributed by atoms with E-state index in [1.165, 1.54) is 6.42 Å². The third kappa shape index (κ3) is 1.90. The zero-order chi connectivity index (χ0) is 12.6. The number of aliphatic hydroxyl groups is 1. The predicted molar refractivity (Wildman–Crippen MR) is 69.2 cm³/mol. The normalized spacial score (nSPS) is 19.4. The molecule has 0 atom stereocenters. The van der Waals surface area contributed by atoms with Gasteiger partial charge in [-0.2, -0.15) is 0 Å². The molecule has 1 N–H and O–H groups in total. The Morgan fingerprint density at radius 1 is 1.28 bits per heavy atom. The van der Waals surface area contributed by atoms with Gasteiger partial charge in [0.2, 0.25) is 6.79 Å². The van der Waals surface area contributed by atoms with E-state index in [1.54, 1.807) is 0 Å². The summed E-state index contributed by atoms with van der Waals surface area (Å²) >= 11 is 0.